The maximum Gasteiger partial charge on any atom is 0.0622 e. The summed E-state index contributed by atoms with van der Waals surface area (Å²) < 4.78 is 0. The SMILES string of the molecule is CN(C)CCCN1Cc2ccccc2Nc2ccccc21.Cl. The van der Waals surface area contributed by atoms with E-state index < -0.39 is 0 Å². The van der Waals surface area contributed by atoms with Crippen LogP contribution >= 0.6 is 12.4 Å². The van der Waals surface area contributed by atoms with Crippen molar-refractivity contribution in [2.45, 2.75) is 13.0 Å². The van der Waals surface area contributed by atoms with Gasteiger partial charge in [-0.25, -0.2) is 0 Å². The molecule has 0 fully saturated rings. The van der Waals surface area contributed by atoms with Gasteiger partial charge in [0.25, 0.3) is 0 Å². The number of fused-ring (bicyclic) bond motifs is 2. The summed E-state index contributed by atoms with van der Waals surface area (Å²) in [6.45, 7) is 3.16. The standard InChI is InChI=1S/C18H23N3.ClH/c1-20(2)12-7-13-21-14-15-8-3-4-9-16(15)19-17-10-5-6-11-18(17)21;/h3-6,8-11,19H,7,12-14H2,1-2H3;1H. The molecule has 0 aliphatic carbocycles. The van der Waals surface area contributed by atoms with E-state index in [9.17, 15) is 0 Å². The van der Waals surface area contributed by atoms with Crippen molar-refractivity contribution in [3.8, 4) is 0 Å². The van der Waals surface area contributed by atoms with E-state index >= 15 is 0 Å². The molecule has 1 N–H and O–H groups in total. The first kappa shape index (κ1) is 16.7. The van der Waals surface area contributed by atoms with Crippen molar-refractivity contribution in [2.24, 2.45) is 0 Å². The van der Waals surface area contributed by atoms with Crippen molar-refractivity contribution in [3.05, 3.63) is 54.1 Å². The lowest BCUT2D eigenvalue weighted by atomic mass is 10.1. The largest absolute Gasteiger partial charge is 0.365 e. The predicted octanol–water partition coefficient (Wildman–Crippen LogP) is 4.12. The fourth-order valence-corrected chi connectivity index (χ4v) is 2.85. The average molecular weight is 318 g/mol. The van der Waals surface area contributed by atoms with E-state index in [0.717, 1.165) is 19.6 Å². The number of hydrogen-bond acceptors (Lipinski definition) is 3. The van der Waals surface area contributed by atoms with Crippen LogP contribution < -0.4 is 10.2 Å². The summed E-state index contributed by atoms with van der Waals surface area (Å²) in [6.07, 6.45) is 1.17. The van der Waals surface area contributed by atoms with E-state index in [0.29, 0.717) is 0 Å². The normalized spacial score (nSPS) is 12.8. The Morgan fingerprint density at radius 2 is 1.68 bits per heavy atom. The molecule has 0 unspecified atom stereocenters. The number of para-hydroxylation sites is 3. The van der Waals surface area contributed by atoms with E-state index in [1.54, 1.807) is 0 Å². The van der Waals surface area contributed by atoms with Crippen molar-refractivity contribution in [2.75, 3.05) is 37.4 Å². The van der Waals surface area contributed by atoms with Crippen LogP contribution in [0.25, 0.3) is 0 Å². The quantitative estimate of drug-likeness (QED) is 0.915. The van der Waals surface area contributed by atoms with E-state index in [1.165, 1.54) is 29.0 Å². The summed E-state index contributed by atoms with van der Waals surface area (Å²) >= 11 is 0. The van der Waals surface area contributed by atoms with E-state index in [1.807, 2.05) is 0 Å². The molecule has 1 aliphatic heterocycles. The third-order valence-electron chi connectivity index (χ3n) is 3.93. The molecule has 0 bridgehead atoms. The highest BCUT2D eigenvalue weighted by Gasteiger charge is 2.17. The lowest BCUT2D eigenvalue weighted by molar-refractivity contribution is 0.400. The van der Waals surface area contributed by atoms with Gasteiger partial charge in [0, 0.05) is 18.8 Å². The highest BCUT2D eigenvalue weighted by molar-refractivity contribution is 5.85. The lowest BCUT2D eigenvalue weighted by Crippen LogP contribution is -2.26. The zero-order valence-corrected chi connectivity index (χ0v) is 14.1. The van der Waals surface area contributed by atoms with Gasteiger partial charge < -0.3 is 15.1 Å². The molecule has 0 atom stereocenters. The van der Waals surface area contributed by atoms with Crippen LogP contribution in [-0.4, -0.2) is 32.1 Å². The van der Waals surface area contributed by atoms with Crippen LogP contribution in [0.5, 0.6) is 0 Å². The van der Waals surface area contributed by atoms with E-state index in [-0.39, 0.29) is 12.4 Å². The van der Waals surface area contributed by atoms with Crippen LogP contribution in [0.3, 0.4) is 0 Å². The fourth-order valence-electron chi connectivity index (χ4n) is 2.85. The first-order chi connectivity index (χ1) is 10.2. The van der Waals surface area contributed by atoms with Crippen LogP contribution in [0.15, 0.2) is 48.5 Å². The van der Waals surface area contributed by atoms with Gasteiger partial charge in [-0.3, -0.25) is 0 Å². The maximum atomic E-state index is 3.58. The molecular formula is C18H24ClN3. The number of nitrogens with one attached hydrogen (secondary N) is 1. The second-order valence-corrected chi connectivity index (χ2v) is 5.88. The van der Waals surface area contributed by atoms with Gasteiger partial charge in [-0.15, -0.1) is 12.4 Å². The summed E-state index contributed by atoms with van der Waals surface area (Å²) in [5.41, 5.74) is 5.08. The molecule has 0 saturated heterocycles. The summed E-state index contributed by atoms with van der Waals surface area (Å²) in [6, 6.07) is 17.2. The smallest absolute Gasteiger partial charge is 0.0622 e. The molecule has 3 nitrogen and oxygen atoms in total. The Morgan fingerprint density at radius 3 is 2.45 bits per heavy atom. The molecule has 1 heterocycles. The number of anilines is 3. The molecule has 2 aromatic rings. The Morgan fingerprint density at radius 1 is 1.00 bits per heavy atom. The molecule has 0 amide bonds. The second-order valence-electron chi connectivity index (χ2n) is 5.88. The van der Waals surface area contributed by atoms with Gasteiger partial charge in [0.05, 0.1) is 11.4 Å². The molecule has 22 heavy (non-hydrogen) atoms. The highest BCUT2D eigenvalue weighted by Crippen LogP contribution is 2.35. The Balaban J connectivity index is 0.00000176. The zero-order chi connectivity index (χ0) is 14.7. The van der Waals surface area contributed by atoms with Crippen molar-refractivity contribution in [1.82, 2.24) is 4.90 Å². The van der Waals surface area contributed by atoms with E-state index in [2.05, 4.69) is 77.7 Å². The minimum atomic E-state index is 0. The van der Waals surface area contributed by atoms with Gasteiger partial charge in [-0.1, -0.05) is 30.3 Å². The van der Waals surface area contributed by atoms with Gasteiger partial charge in [-0.2, -0.15) is 0 Å². The number of benzene rings is 2. The Bertz CT molecular complexity index is 613. The molecule has 0 saturated carbocycles. The van der Waals surface area contributed by atoms with Crippen molar-refractivity contribution < 1.29 is 0 Å². The Hall–Kier alpha value is -1.71. The van der Waals surface area contributed by atoms with Crippen LogP contribution in [0, 0.1) is 0 Å². The summed E-state index contributed by atoms with van der Waals surface area (Å²) in [4.78, 5) is 4.73. The third kappa shape index (κ3) is 3.73. The molecule has 0 spiro atoms. The van der Waals surface area contributed by atoms with Crippen LogP contribution in [-0.2, 0) is 6.54 Å². The van der Waals surface area contributed by atoms with Gasteiger partial charge in [0.15, 0.2) is 0 Å². The molecule has 1 aliphatic rings. The minimum absolute atomic E-state index is 0. The monoisotopic (exact) mass is 317 g/mol. The van der Waals surface area contributed by atoms with Crippen LogP contribution in [0.2, 0.25) is 0 Å². The highest BCUT2D eigenvalue weighted by atomic mass is 35.5. The van der Waals surface area contributed by atoms with Crippen molar-refractivity contribution in [3.63, 3.8) is 0 Å². The first-order valence-electron chi connectivity index (χ1n) is 7.57. The van der Waals surface area contributed by atoms with Gasteiger partial charge >= 0.3 is 0 Å². The summed E-state index contributed by atoms with van der Waals surface area (Å²) in [5.74, 6) is 0. The number of nitrogens with zero attached hydrogens (tertiary/aromatic N) is 2. The van der Waals surface area contributed by atoms with E-state index in [4.69, 9.17) is 0 Å². The first-order valence-corrected chi connectivity index (χ1v) is 7.57. The van der Waals surface area contributed by atoms with Crippen LogP contribution in [0.1, 0.15) is 12.0 Å². The van der Waals surface area contributed by atoms with Gasteiger partial charge in [0.2, 0.25) is 0 Å². The van der Waals surface area contributed by atoms with Gasteiger partial charge in [0.1, 0.15) is 0 Å². The Kier molecular flexibility index (Phi) is 5.69. The van der Waals surface area contributed by atoms with Crippen molar-refractivity contribution >= 4 is 29.5 Å². The summed E-state index contributed by atoms with van der Waals surface area (Å²) in [5, 5.41) is 3.58. The van der Waals surface area contributed by atoms with Crippen molar-refractivity contribution in [1.29, 1.82) is 0 Å². The molecule has 2 aromatic carbocycles. The van der Waals surface area contributed by atoms with Gasteiger partial charge in [-0.05, 0) is 50.8 Å². The average Bonchev–Trinajstić information content (AvgIpc) is 2.63. The summed E-state index contributed by atoms with van der Waals surface area (Å²) in [7, 11) is 4.26. The molecule has 118 valence electrons. The lowest BCUT2D eigenvalue weighted by Gasteiger charge is -2.25. The topological polar surface area (TPSA) is 18.5 Å². The maximum absolute atomic E-state index is 3.58. The number of halogens is 1. The molecular weight excluding hydrogens is 294 g/mol. The number of hydrogen-bond donors (Lipinski definition) is 1. The molecule has 0 aromatic heterocycles. The molecule has 3 rings (SSSR count). The minimum Gasteiger partial charge on any atom is -0.365 e. The van der Waals surface area contributed by atoms with Crippen LogP contribution in [0.4, 0.5) is 17.1 Å². The fraction of sp³-hybridized carbons (Fsp3) is 0.333. The predicted molar refractivity (Wildman–Crippen MR) is 97.6 cm³/mol. The Labute approximate surface area is 139 Å². The molecule has 4 heteroatoms. The zero-order valence-electron chi connectivity index (χ0n) is 13.2. The third-order valence-corrected chi connectivity index (χ3v) is 3.93. The molecule has 0 radical (unpaired) electrons. The second kappa shape index (κ2) is 7.52. The number of rotatable bonds is 4.